The molecule has 2 aromatic heterocycles. The van der Waals surface area contributed by atoms with E-state index in [4.69, 9.17) is 16.3 Å². The van der Waals surface area contributed by atoms with E-state index in [-0.39, 0.29) is 28.0 Å². The van der Waals surface area contributed by atoms with Crippen molar-refractivity contribution in [2.45, 2.75) is 19.8 Å². The molecule has 0 saturated heterocycles. The zero-order chi connectivity index (χ0) is 23.6. The molecule has 0 aliphatic carbocycles. The summed E-state index contributed by atoms with van der Waals surface area (Å²) >= 11 is 6.01. The van der Waals surface area contributed by atoms with Crippen LogP contribution in [0.2, 0.25) is 5.02 Å². The molecule has 0 saturated carbocycles. The van der Waals surface area contributed by atoms with Crippen LogP contribution in [0.1, 0.15) is 27.0 Å². The number of carbonyl (C=O) groups is 1. The number of carbonyl (C=O) groups excluding carboxylic acids is 1. The molecule has 0 aliphatic rings. The van der Waals surface area contributed by atoms with E-state index in [0.29, 0.717) is 16.3 Å². The summed E-state index contributed by atoms with van der Waals surface area (Å²) in [5.41, 5.74) is 1.43. The molecule has 0 bridgehead atoms. The van der Waals surface area contributed by atoms with E-state index in [1.807, 2.05) is 6.92 Å². The molecule has 33 heavy (non-hydrogen) atoms. The van der Waals surface area contributed by atoms with Gasteiger partial charge in [0, 0.05) is 23.0 Å². The van der Waals surface area contributed by atoms with E-state index < -0.39 is 18.4 Å². The number of fused-ring (bicyclic) bond motifs is 1. The van der Waals surface area contributed by atoms with Crippen LogP contribution >= 0.6 is 11.6 Å². The van der Waals surface area contributed by atoms with E-state index in [1.54, 1.807) is 43.3 Å². The Morgan fingerprint density at radius 2 is 1.88 bits per heavy atom. The van der Waals surface area contributed by atoms with Gasteiger partial charge in [-0.2, -0.15) is 8.78 Å². The van der Waals surface area contributed by atoms with Crippen LogP contribution in [0.15, 0.2) is 61.1 Å². The smallest absolute Gasteiger partial charge is 0.290 e. The number of aromatic nitrogens is 3. The van der Waals surface area contributed by atoms with Gasteiger partial charge in [0.25, 0.3) is 11.8 Å². The average Bonchev–Trinajstić information content (AvgIpc) is 2.77. The number of nitrogens with one attached hydrogen (secondary N) is 1. The van der Waals surface area contributed by atoms with Gasteiger partial charge < -0.3 is 10.1 Å². The minimum atomic E-state index is -3.28. The minimum Gasteiger partial charge on any atom is -0.455 e. The molecule has 2 aromatic carbocycles. The maximum absolute atomic E-state index is 14.9. The Kier molecular flexibility index (Phi) is 6.20. The topological polar surface area (TPSA) is 77.0 Å². The Bertz CT molecular complexity index is 1350. The van der Waals surface area contributed by atoms with E-state index in [0.717, 1.165) is 5.56 Å². The quantitative estimate of drug-likeness (QED) is 0.398. The number of rotatable bonds is 6. The Morgan fingerprint density at radius 1 is 1.09 bits per heavy atom. The second kappa shape index (κ2) is 9.07. The van der Waals surface area contributed by atoms with Gasteiger partial charge in [-0.25, -0.2) is 9.97 Å². The van der Waals surface area contributed by atoms with Crippen molar-refractivity contribution in [1.82, 2.24) is 20.3 Å². The van der Waals surface area contributed by atoms with Crippen LogP contribution in [0.5, 0.6) is 11.5 Å². The van der Waals surface area contributed by atoms with Gasteiger partial charge in [-0.15, -0.1) is 0 Å². The van der Waals surface area contributed by atoms with Gasteiger partial charge in [-0.1, -0.05) is 41.4 Å². The highest BCUT2D eigenvalue weighted by Crippen LogP contribution is 2.32. The molecule has 0 aliphatic heterocycles. The molecule has 1 N–H and O–H groups in total. The fourth-order valence-electron chi connectivity index (χ4n) is 3.46. The first-order valence-electron chi connectivity index (χ1n) is 10.0. The first-order valence-corrected chi connectivity index (χ1v) is 10.4. The number of halogens is 3. The molecule has 0 unspecified atom stereocenters. The Balaban J connectivity index is 1.66. The number of pyridine rings is 1. The van der Waals surface area contributed by atoms with Crippen molar-refractivity contribution in [2.24, 2.45) is 0 Å². The molecule has 0 spiro atoms. The van der Waals surface area contributed by atoms with Crippen molar-refractivity contribution in [3.05, 3.63) is 88.3 Å². The molecule has 0 atom stereocenters. The molecule has 9 heteroatoms. The largest absolute Gasteiger partial charge is 0.455 e. The lowest BCUT2D eigenvalue weighted by Crippen LogP contribution is -2.35. The van der Waals surface area contributed by atoms with Crippen molar-refractivity contribution < 1.29 is 18.3 Å². The van der Waals surface area contributed by atoms with Crippen molar-refractivity contribution in [2.75, 3.05) is 6.54 Å². The summed E-state index contributed by atoms with van der Waals surface area (Å²) in [5.74, 6) is -3.68. The molecular formula is C24H19ClF2N4O2. The van der Waals surface area contributed by atoms with Gasteiger partial charge >= 0.3 is 0 Å². The molecule has 0 radical (unpaired) electrons. The third-order valence-corrected chi connectivity index (χ3v) is 5.20. The van der Waals surface area contributed by atoms with Crippen LogP contribution < -0.4 is 10.1 Å². The lowest BCUT2D eigenvalue weighted by atomic mass is 10.00. The summed E-state index contributed by atoms with van der Waals surface area (Å²) in [5, 5.41) is 2.75. The van der Waals surface area contributed by atoms with Crippen LogP contribution in [-0.2, 0) is 5.92 Å². The Labute approximate surface area is 193 Å². The first kappa shape index (κ1) is 22.5. The molecular weight excluding hydrogens is 450 g/mol. The van der Waals surface area contributed by atoms with Gasteiger partial charge in [-0.3, -0.25) is 9.78 Å². The van der Waals surface area contributed by atoms with Gasteiger partial charge in [0.05, 0.1) is 12.7 Å². The number of ether oxygens (including phenoxy) is 1. The fraction of sp³-hybridized carbons (Fsp3) is 0.167. The van der Waals surface area contributed by atoms with Crippen molar-refractivity contribution in [3.8, 4) is 11.5 Å². The average molecular weight is 469 g/mol. The second-order valence-electron chi connectivity index (χ2n) is 7.49. The standard InChI is InChI=1S/C24H19ClF2N4O2/c1-14-6-7-18(15(2)10-14)24(26,27)13-31-23(32)20-19(33-17-5-3-4-16(25)11-17)12-30-22-21(20)28-8-9-29-22/h3-12H,13H2,1-2H3,(H,31,32). The molecule has 2 heterocycles. The summed E-state index contributed by atoms with van der Waals surface area (Å²) < 4.78 is 35.7. The Morgan fingerprint density at radius 3 is 2.64 bits per heavy atom. The maximum Gasteiger partial charge on any atom is 0.290 e. The van der Waals surface area contributed by atoms with Gasteiger partial charge in [0.15, 0.2) is 11.4 Å². The lowest BCUT2D eigenvalue weighted by molar-refractivity contribution is -0.00308. The normalized spacial score (nSPS) is 11.4. The highest BCUT2D eigenvalue weighted by molar-refractivity contribution is 6.30. The minimum absolute atomic E-state index is 0.0394. The number of hydrogen-bond acceptors (Lipinski definition) is 5. The van der Waals surface area contributed by atoms with Gasteiger partial charge in [0.2, 0.25) is 0 Å². The van der Waals surface area contributed by atoms with E-state index >= 15 is 0 Å². The SMILES string of the molecule is Cc1ccc(C(F)(F)CNC(=O)c2c(Oc3cccc(Cl)c3)cnc3nccnc23)c(C)c1. The van der Waals surface area contributed by atoms with Gasteiger partial charge in [-0.05, 0) is 37.6 Å². The highest BCUT2D eigenvalue weighted by atomic mass is 35.5. The number of aryl methyl sites for hydroxylation is 2. The first-order chi connectivity index (χ1) is 15.7. The molecule has 0 fully saturated rings. The monoisotopic (exact) mass is 468 g/mol. The van der Waals surface area contributed by atoms with Crippen LogP contribution in [0.4, 0.5) is 8.78 Å². The summed E-state index contributed by atoms with van der Waals surface area (Å²) in [6.07, 6.45) is 4.10. The van der Waals surface area contributed by atoms with Gasteiger partial charge in [0.1, 0.15) is 16.8 Å². The highest BCUT2D eigenvalue weighted by Gasteiger charge is 2.34. The summed E-state index contributed by atoms with van der Waals surface area (Å²) in [4.78, 5) is 25.5. The van der Waals surface area contributed by atoms with Crippen molar-refractivity contribution in [1.29, 1.82) is 0 Å². The zero-order valence-corrected chi connectivity index (χ0v) is 18.5. The predicted octanol–water partition coefficient (Wildman–Crippen LogP) is 5.61. The van der Waals surface area contributed by atoms with Crippen molar-refractivity contribution in [3.63, 3.8) is 0 Å². The third kappa shape index (κ3) is 4.90. The Hall–Kier alpha value is -3.65. The maximum atomic E-state index is 14.9. The van der Waals surface area contributed by atoms with Crippen LogP contribution in [0.25, 0.3) is 11.2 Å². The summed E-state index contributed by atoms with van der Waals surface area (Å²) in [6.45, 7) is 2.53. The molecule has 168 valence electrons. The van der Waals surface area contributed by atoms with E-state index in [9.17, 15) is 13.6 Å². The van der Waals surface area contributed by atoms with Crippen LogP contribution in [0.3, 0.4) is 0 Å². The summed E-state index contributed by atoms with van der Waals surface area (Å²) in [7, 11) is 0. The predicted molar refractivity (Wildman–Crippen MR) is 121 cm³/mol. The lowest BCUT2D eigenvalue weighted by Gasteiger charge is -2.20. The molecule has 4 aromatic rings. The van der Waals surface area contributed by atoms with Crippen molar-refractivity contribution >= 4 is 28.7 Å². The number of nitrogens with zero attached hydrogens (tertiary/aromatic N) is 3. The number of alkyl halides is 2. The van der Waals surface area contributed by atoms with Crippen LogP contribution in [0, 0.1) is 13.8 Å². The third-order valence-electron chi connectivity index (χ3n) is 4.96. The summed E-state index contributed by atoms with van der Waals surface area (Å²) in [6, 6.07) is 11.2. The van der Waals surface area contributed by atoms with E-state index in [2.05, 4.69) is 20.3 Å². The second-order valence-corrected chi connectivity index (χ2v) is 7.93. The number of amides is 1. The molecule has 4 rings (SSSR count). The fourth-order valence-corrected chi connectivity index (χ4v) is 3.64. The zero-order valence-electron chi connectivity index (χ0n) is 17.8. The number of hydrogen-bond donors (Lipinski definition) is 1. The number of benzene rings is 2. The molecule has 1 amide bonds. The molecule has 6 nitrogen and oxygen atoms in total. The van der Waals surface area contributed by atoms with E-state index in [1.165, 1.54) is 24.7 Å². The van der Waals surface area contributed by atoms with Crippen LogP contribution in [-0.4, -0.2) is 27.4 Å².